The van der Waals surface area contributed by atoms with Gasteiger partial charge in [-0.05, 0) is 58.5 Å². The Morgan fingerprint density at radius 2 is 2.00 bits per heavy atom. The van der Waals surface area contributed by atoms with Crippen LogP contribution in [0.5, 0.6) is 17.2 Å². The Morgan fingerprint density at radius 1 is 1.18 bits per heavy atom. The molecule has 0 atom stereocenters. The molecule has 0 radical (unpaired) electrons. The van der Waals surface area contributed by atoms with E-state index in [4.69, 9.17) is 25.8 Å². The van der Waals surface area contributed by atoms with Crippen LogP contribution in [0.4, 0.5) is 0 Å². The van der Waals surface area contributed by atoms with Gasteiger partial charge in [-0.25, -0.2) is 9.48 Å². The second-order valence-electron chi connectivity index (χ2n) is 5.88. The molecule has 2 heterocycles. The van der Waals surface area contributed by atoms with Crippen molar-refractivity contribution in [2.24, 2.45) is 0 Å². The lowest BCUT2D eigenvalue weighted by atomic mass is 10.2. The SMILES string of the molecule is O=C(/C=C/c1cc(Cl)c2c(c1)OCCCO2)Oc1ccc(-n2cnnn2)cc1. The minimum atomic E-state index is -0.515. The normalized spacial score (nSPS) is 13.3. The number of hydrogen-bond acceptors (Lipinski definition) is 7. The number of rotatable bonds is 4. The summed E-state index contributed by atoms with van der Waals surface area (Å²) in [5.74, 6) is 0.986. The fourth-order valence-corrected chi connectivity index (χ4v) is 2.88. The molecule has 1 aliphatic heterocycles. The van der Waals surface area contributed by atoms with Gasteiger partial charge in [0.15, 0.2) is 11.5 Å². The molecular formula is C19H15ClN4O4. The minimum absolute atomic E-state index is 0.406. The predicted molar refractivity (Wildman–Crippen MR) is 101 cm³/mol. The molecule has 0 saturated carbocycles. The fraction of sp³-hybridized carbons (Fsp3) is 0.158. The van der Waals surface area contributed by atoms with E-state index >= 15 is 0 Å². The molecule has 2 aromatic carbocycles. The predicted octanol–water partition coefficient (Wildman–Crippen LogP) is 3.10. The molecule has 0 unspecified atom stereocenters. The summed E-state index contributed by atoms with van der Waals surface area (Å²) in [6.45, 7) is 1.11. The first-order chi connectivity index (χ1) is 13.7. The number of fused-ring (bicyclic) bond motifs is 1. The van der Waals surface area contributed by atoms with Crippen LogP contribution in [0.1, 0.15) is 12.0 Å². The van der Waals surface area contributed by atoms with E-state index in [0.717, 1.165) is 12.1 Å². The molecule has 9 heteroatoms. The van der Waals surface area contributed by atoms with E-state index in [2.05, 4.69) is 15.5 Å². The fourth-order valence-electron chi connectivity index (χ4n) is 2.61. The molecule has 4 rings (SSSR count). The minimum Gasteiger partial charge on any atom is -0.489 e. The second-order valence-corrected chi connectivity index (χ2v) is 6.29. The van der Waals surface area contributed by atoms with Crippen molar-refractivity contribution in [3.63, 3.8) is 0 Å². The largest absolute Gasteiger partial charge is 0.489 e. The van der Waals surface area contributed by atoms with Crippen molar-refractivity contribution in [3.05, 3.63) is 59.4 Å². The van der Waals surface area contributed by atoms with Gasteiger partial charge in [0.05, 0.1) is 23.9 Å². The van der Waals surface area contributed by atoms with Crippen LogP contribution in [0.2, 0.25) is 5.02 Å². The Kier molecular flexibility index (Phi) is 5.20. The molecule has 0 amide bonds. The maximum absolute atomic E-state index is 12.1. The summed E-state index contributed by atoms with van der Waals surface area (Å²) in [4.78, 5) is 12.1. The molecule has 3 aromatic rings. The number of hydrogen-bond donors (Lipinski definition) is 0. The number of nitrogens with zero attached hydrogens (tertiary/aromatic N) is 4. The first-order valence-corrected chi connectivity index (χ1v) is 8.89. The quantitative estimate of drug-likeness (QED) is 0.379. The molecule has 0 aliphatic carbocycles. The van der Waals surface area contributed by atoms with Gasteiger partial charge in [-0.15, -0.1) is 5.10 Å². The zero-order valence-electron chi connectivity index (χ0n) is 14.6. The molecule has 28 heavy (non-hydrogen) atoms. The molecule has 0 spiro atoms. The molecule has 1 aliphatic rings. The van der Waals surface area contributed by atoms with Crippen LogP contribution >= 0.6 is 11.6 Å². The average molecular weight is 399 g/mol. The Labute approximate surface area is 165 Å². The van der Waals surface area contributed by atoms with Crippen molar-refractivity contribution in [1.29, 1.82) is 0 Å². The molecule has 8 nitrogen and oxygen atoms in total. The number of tetrazole rings is 1. The first-order valence-electron chi connectivity index (χ1n) is 8.51. The summed E-state index contributed by atoms with van der Waals surface area (Å²) in [5, 5.41) is 11.4. The third-order valence-electron chi connectivity index (χ3n) is 3.91. The third kappa shape index (κ3) is 4.12. The van der Waals surface area contributed by atoms with Gasteiger partial charge in [-0.2, -0.15) is 0 Å². The summed E-state index contributed by atoms with van der Waals surface area (Å²) in [6.07, 6.45) is 5.20. The van der Waals surface area contributed by atoms with Gasteiger partial charge in [0.2, 0.25) is 0 Å². The van der Waals surface area contributed by atoms with Gasteiger partial charge in [0.1, 0.15) is 12.1 Å². The lowest BCUT2D eigenvalue weighted by molar-refractivity contribution is -0.128. The maximum atomic E-state index is 12.1. The monoisotopic (exact) mass is 398 g/mol. The van der Waals surface area contributed by atoms with E-state index in [1.165, 1.54) is 17.1 Å². The molecule has 1 aromatic heterocycles. The van der Waals surface area contributed by atoms with Gasteiger partial charge in [0.25, 0.3) is 0 Å². The Hall–Kier alpha value is -3.39. The van der Waals surface area contributed by atoms with Crippen molar-refractivity contribution in [3.8, 4) is 22.9 Å². The van der Waals surface area contributed by atoms with Crippen molar-refractivity contribution < 1.29 is 19.0 Å². The van der Waals surface area contributed by atoms with Crippen molar-refractivity contribution in [2.75, 3.05) is 13.2 Å². The van der Waals surface area contributed by atoms with Gasteiger partial charge in [-0.3, -0.25) is 0 Å². The highest BCUT2D eigenvalue weighted by molar-refractivity contribution is 6.32. The van der Waals surface area contributed by atoms with Crippen molar-refractivity contribution in [2.45, 2.75) is 6.42 Å². The summed E-state index contributed by atoms with van der Waals surface area (Å²) in [5.41, 5.74) is 1.46. The van der Waals surface area contributed by atoms with Crippen LogP contribution in [0, 0.1) is 0 Å². The number of carbonyl (C=O) groups excluding carboxylic acids is 1. The highest BCUT2D eigenvalue weighted by Gasteiger charge is 2.15. The van der Waals surface area contributed by atoms with E-state index in [1.54, 1.807) is 42.5 Å². The Morgan fingerprint density at radius 3 is 2.79 bits per heavy atom. The number of carbonyl (C=O) groups is 1. The van der Waals surface area contributed by atoms with Crippen LogP contribution in [0.15, 0.2) is 48.8 Å². The van der Waals surface area contributed by atoms with Crippen LogP contribution in [-0.4, -0.2) is 39.4 Å². The lowest BCUT2D eigenvalue weighted by Crippen LogP contribution is -2.04. The first kappa shape index (κ1) is 18.0. The summed E-state index contributed by atoms with van der Waals surface area (Å²) < 4.78 is 18.0. The van der Waals surface area contributed by atoms with E-state index in [0.29, 0.717) is 41.0 Å². The highest BCUT2D eigenvalue weighted by atomic mass is 35.5. The van der Waals surface area contributed by atoms with Gasteiger partial charge >= 0.3 is 5.97 Å². The number of esters is 1. The van der Waals surface area contributed by atoms with E-state index < -0.39 is 5.97 Å². The second kappa shape index (κ2) is 8.10. The van der Waals surface area contributed by atoms with Gasteiger partial charge in [-0.1, -0.05) is 11.6 Å². The standard InChI is InChI=1S/C19H15ClN4O4/c20-16-10-13(11-17-19(16)27-9-1-8-26-17)2-7-18(25)28-15-5-3-14(4-6-15)24-12-21-22-23-24/h2-7,10-12H,1,8-9H2/b7-2+. The van der Waals surface area contributed by atoms with Crippen LogP contribution in [-0.2, 0) is 4.79 Å². The topological polar surface area (TPSA) is 88.4 Å². The molecular weight excluding hydrogens is 384 g/mol. The molecule has 0 bridgehead atoms. The van der Waals surface area contributed by atoms with Crippen LogP contribution in [0.3, 0.4) is 0 Å². The smallest absolute Gasteiger partial charge is 0.336 e. The van der Waals surface area contributed by atoms with E-state index in [-0.39, 0.29) is 0 Å². The average Bonchev–Trinajstić information content (AvgIpc) is 3.12. The molecule has 0 fully saturated rings. The third-order valence-corrected chi connectivity index (χ3v) is 4.19. The summed E-state index contributed by atoms with van der Waals surface area (Å²) in [7, 11) is 0. The van der Waals surface area contributed by atoms with Crippen molar-refractivity contribution in [1.82, 2.24) is 20.2 Å². The van der Waals surface area contributed by atoms with Gasteiger partial charge in [0, 0.05) is 12.5 Å². The van der Waals surface area contributed by atoms with Gasteiger partial charge < -0.3 is 14.2 Å². The Balaban J connectivity index is 1.43. The van der Waals surface area contributed by atoms with Crippen LogP contribution in [0.25, 0.3) is 11.8 Å². The zero-order chi connectivity index (χ0) is 19.3. The Bertz CT molecular complexity index is 1000. The van der Waals surface area contributed by atoms with E-state index in [1.807, 2.05) is 0 Å². The number of ether oxygens (including phenoxy) is 3. The molecule has 142 valence electrons. The van der Waals surface area contributed by atoms with E-state index in [9.17, 15) is 4.79 Å². The number of benzene rings is 2. The summed E-state index contributed by atoms with van der Waals surface area (Å²) in [6, 6.07) is 10.3. The zero-order valence-corrected chi connectivity index (χ0v) is 15.4. The molecule has 0 N–H and O–H groups in total. The maximum Gasteiger partial charge on any atom is 0.336 e. The number of halogens is 1. The van der Waals surface area contributed by atoms with Crippen LogP contribution < -0.4 is 14.2 Å². The van der Waals surface area contributed by atoms with Crippen molar-refractivity contribution >= 4 is 23.6 Å². The lowest BCUT2D eigenvalue weighted by Gasteiger charge is -2.10. The number of aromatic nitrogens is 4. The summed E-state index contributed by atoms with van der Waals surface area (Å²) >= 11 is 6.25. The highest BCUT2D eigenvalue weighted by Crippen LogP contribution is 2.38. The molecule has 0 saturated heterocycles.